The Morgan fingerprint density at radius 2 is 1.06 bits per heavy atom. The third-order valence-electron chi connectivity index (χ3n) is 3.49. The van der Waals surface area contributed by atoms with Crippen molar-refractivity contribution in [2.24, 2.45) is 0 Å². The fourth-order valence-electron chi connectivity index (χ4n) is 2.59. The molecule has 1 aliphatic carbocycles. The smallest absolute Gasteiger partial charge is 0.194 e. The highest BCUT2D eigenvalue weighted by atomic mass is 16.1. The Bertz CT molecular complexity index is 635. The van der Waals surface area contributed by atoms with Crippen LogP contribution in [-0.4, -0.2) is 11.6 Å². The second-order valence-electron chi connectivity index (χ2n) is 4.65. The molecule has 0 heterocycles. The van der Waals surface area contributed by atoms with Crippen molar-refractivity contribution in [1.82, 2.24) is 0 Å². The Labute approximate surface area is 105 Å². The first-order valence-electron chi connectivity index (χ1n) is 5.90. The van der Waals surface area contributed by atoms with Crippen LogP contribution in [0.4, 0.5) is 0 Å². The van der Waals surface area contributed by atoms with Crippen LogP contribution in [0.1, 0.15) is 43.0 Å². The molecule has 3 rings (SSSR count). The van der Waals surface area contributed by atoms with E-state index in [9.17, 15) is 9.59 Å². The van der Waals surface area contributed by atoms with Gasteiger partial charge < -0.3 is 0 Å². The maximum absolute atomic E-state index is 12.5. The molecule has 0 amide bonds. The molecule has 0 unspecified atom stereocenters. The van der Waals surface area contributed by atoms with E-state index in [4.69, 9.17) is 0 Å². The summed E-state index contributed by atoms with van der Waals surface area (Å²) in [6.07, 6.45) is 0. The van der Waals surface area contributed by atoms with Crippen molar-refractivity contribution in [3.63, 3.8) is 0 Å². The lowest BCUT2D eigenvalue weighted by atomic mass is 9.80. The van der Waals surface area contributed by atoms with Crippen LogP contribution in [0.3, 0.4) is 0 Å². The lowest BCUT2D eigenvalue weighted by Crippen LogP contribution is -2.22. The van der Waals surface area contributed by atoms with Crippen molar-refractivity contribution < 1.29 is 9.59 Å². The molecular weight excluding hydrogens is 224 g/mol. The van der Waals surface area contributed by atoms with E-state index in [-0.39, 0.29) is 11.6 Å². The monoisotopic (exact) mass is 236 g/mol. The van der Waals surface area contributed by atoms with Crippen LogP contribution >= 0.6 is 0 Å². The third kappa shape index (κ3) is 1.29. The summed E-state index contributed by atoms with van der Waals surface area (Å²) in [5.74, 6) is -0.0807. The van der Waals surface area contributed by atoms with Gasteiger partial charge in [-0.05, 0) is 25.0 Å². The predicted octanol–water partition coefficient (Wildman–Crippen LogP) is 3.08. The summed E-state index contributed by atoms with van der Waals surface area (Å²) < 4.78 is 0. The van der Waals surface area contributed by atoms with Crippen molar-refractivity contribution in [1.29, 1.82) is 0 Å². The first-order chi connectivity index (χ1) is 8.61. The molecule has 0 bridgehead atoms. The number of ketones is 2. The maximum atomic E-state index is 12.5. The molecule has 0 saturated heterocycles. The minimum Gasteiger partial charge on any atom is -0.289 e. The van der Waals surface area contributed by atoms with Gasteiger partial charge in [0.1, 0.15) is 0 Å². The molecule has 0 N–H and O–H groups in total. The molecule has 0 atom stereocenters. The number of hydrogen-bond acceptors (Lipinski definition) is 2. The zero-order valence-electron chi connectivity index (χ0n) is 10.3. The highest BCUT2D eigenvalue weighted by Gasteiger charge is 2.31. The molecule has 0 radical (unpaired) electrons. The second kappa shape index (κ2) is 3.64. The molecular formula is C16H12O2. The summed E-state index contributed by atoms with van der Waals surface area (Å²) in [6, 6.07) is 10.8. The molecule has 0 aliphatic heterocycles. The highest BCUT2D eigenvalue weighted by Crippen LogP contribution is 2.30. The summed E-state index contributed by atoms with van der Waals surface area (Å²) >= 11 is 0. The van der Waals surface area contributed by atoms with Gasteiger partial charge >= 0.3 is 0 Å². The fourth-order valence-corrected chi connectivity index (χ4v) is 2.59. The van der Waals surface area contributed by atoms with Crippen LogP contribution in [0.2, 0.25) is 0 Å². The van der Waals surface area contributed by atoms with E-state index in [1.807, 2.05) is 38.1 Å². The molecule has 0 fully saturated rings. The van der Waals surface area contributed by atoms with Crippen LogP contribution < -0.4 is 0 Å². The average molecular weight is 236 g/mol. The molecule has 0 aromatic heterocycles. The summed E-state index contributed by atoms with van der Waals surface area (Å²) in [5, 5.41) is 0. The summed E-state index contributed by atoms with van der Waals surface area (Å²) in [5.41, 5.74) is 3.89. The summed E-state index contributed by atoms with van der Waals surface area (Å²) in [7, 11) is 0. The van der Waals surface area contributed by atoms with Gasteiger partial charge in [-0.25, -0.2) is 0 Å². The average Bonchev–Trinajstić information content (AvgIpc) is 2.35. The number of carbonyl (C=O) groups is 2. The largest absolute Gasteiger partial charge is 0.289 e. The van der Waals surface area contributed by atoms with E-state index < -0.39 is 0 Å². The van der Waals surface area contributed by atoms with Crippen molar-refractivity contribution in [3.8, 4) is 0 Å². The Morgan fingerprint density at radius 3 is 1.44 bits per heavy atom. The minimum absolute atomic E-state index is 0.0404. The first kappa shape index (κ1) is 10.9. The SMILES string of the molecule is Cc1cccc2c1C(=O)c1cccc(C)c1C2=O. The summed E-state index contributed by atoms with van der Waals surface area (Å²) in [4.78, 5) is 24.9. The number of aryl methyl sites for hydroxylation is 2. The number of carbonyl (C=O) groups excluding carboxylic acids is 2. The molecule has 2 nitrogen and oxygen atoms in total. The molecule has 0 spiro atoms. The molecule has 1 aliphatic rings. The predicted molar refractivity (Wildman–Crippen MR) is 69.2 cm³/mol. The first-order valence-corrected chi connectivity index (χ1v) is 5.90. The van der Waals surface area contributed by atoms with Crippen LogP contribution in [-0.2, 0) is 0 Å². The van der Waals surface area contributed by atoms with Gasteiger partial charge in [0.05, 0.1) is 0 Å². The van der Waals surface area contributed by atoms with Gasteiger partial charge in [-0.3, -0.25) is 9.59 Å². The number of fused-ring (bicyclic) bond motifs is 2. The van der Waals surface area contributed by atoms with Crippen molar-refractivity contribution in [3.05, 3.63) is 69.8 Å². The lowest BCUT2D eigenvalue weighted by molar-refractivity contribution is 0.0978. The standard InChI is InChI=1S/C16H12O2/c1-9-5-3-7-11-13(9)15(17)12-8-4-6-10(2)14(12)16(11)18/h3-8H,1-2H3. The van der Waals surface area contributed by atoms with E-state index in [0.29, 0.717) is 22.3 Å². The van der Waals surface area contributed by atoms with Gasteiger partial charge in [-0.15, -0.1) is 0 Å². The zero-order valence-corrected chi connectivity index (χ0v) is 10.3. The quantitative estimate of drug-likeness (QED) is 0.601. The van der Waals surface area contributed by atoms with Crippen LogP contribution in [0.5, 0.6) is 0 Å². The number of benzene rings is 2. The van der Waals surface area contributed by atoms with Crippen LogP contribution in [0.25, 0.3) is 0 Å². The van der Waals surface area contributed by atoms with Gasteiger partial charge in [-0.2, -0.15) is 0 Å². The molecule has 0 saturated carbocycles. The van der Waals surface area contributed by atoms with Crippen molar-refractivity contribution in [2.75, 3.05) is 0 Å². The van der Waals surface area contributed by atoms with Gasteiger partial charge in [0.25, 0.3) is 0 Å². The fraction of sp³-hybridized carbons (Fsp3) is 0.125. The van der Waals surface area contributed by atoms with Gasteiger partial charge in [0.15, 0.2) is 11.6 Å². The topological polar surface area (TPSA) is 34.1 Å². The van der Waals surface area contributed by atoms with Crippen LogP contribution in [0.15, 0.2) is 36.4 Å². The highest BCUT2D eigenvalue weighted by molar-refractivity contribution is 6.29. The van der Waals surface area contributed by atoms with E-state index in [0.717, 1.165) is 11.1 Å². The third-order valence-corrected chi connectivity index (χ3v) is 3.49. The van der Waals surface area contributed by atoms with E-state index in [1.54, 1.807) is 12.1 Å². The van der Waals surface area contributed by atoms with E-state index in [1.165, 1.54) is 0 Å². The van der Waals surface area contributed by atoms with Crippen molar-refractivity contribution in [2.45, 2.75) is 13.8 Å². The van der Waals surface area contributed by atoms with Gasteiger partial charge in [0, 0.05) is 22.3 Å². The van der Waals surface area contributed by atoms with Gasteiger partial charge in [-0.1, -0.05) is 36.4 Å². The molecule has 2 aromatic rings. The number of rotatable bonds is 0. The molecule has 18 heavy (non-hydrogen) atoms. The molecule has 88 valence electrons. The second-order valence-corrected chi connectivity index (χ2v) is 4.65. The maximum Gasteiger partial charge on any atom is 0.194 e. The van der Waals surface area contributed by atoms with E-state index >= 15 is 0 Å². The Kier molecular flexibility index (Phi) is 2.20. The van der Waals surface area contributed by atoms with E-state index in [2.05, 4.69) is 0 Å². The normalized spacial score (nSPS) is 13.2. The van der Waals surface area contributed by atoms with Gasteiger partial charge in [0.2, 0.25) is 0 Å². The Hall–Kier alpha value is -2.22. The molecule has 2 aromatic carbocycles. The minimum atomic E-state index is -0.0404. The molecule has 2 heteroatoms. The number of hydrogen-bond donors (Lipinski definition) is 0. The Morgan fingerprint density at radius 1 is 0.667 bits per heavy atom. The zero-order chi connectivity index (χ0) is 12.9. The van der Waals surface area contributed by atoms with Crippen LogP contribution in [0, 0.1) is 13.8 Å². The lowest BCUT2D eigenvalue weighted by Gasteiger charge is -2.20. The summed E-state index contributed by atoms with van der Waals surface area (Å²) in [6.45, 7) is 3.73. The van der Waals surface area contributed by atoms with Crippen molar-refractivity contribution >= 4 is 11.6 Å². The Balaban J connectivity index is 2.40.